The predicted molar refractivity (Wildman–Crippen MR) is 55.2 cm³/mol. The minimum atomic E-state index is 0.345. The first-order valence-electron chi connectivity index (χ1n) is 4.09. The number of hydrogen-bond acceptors (Lipinski definition) is 1. The Balaban J connectivity index is 2.78. The molecule has 0 aliphatic rings. The molecule has 0 aliphatic heterocycles. The molecule has 0 aromatic carbocycles. The number of nitrogens with zero attached hydrogens (tertiary/aromatic N) is 2. The first-order valence-corrected chi connectivity index (χ1v) is 5.00. The quantitative estimate of drug-likeness (QED) is 0.725. The van der Waals surface area contributed by atoms with Crippen LogP contribution in [-0.4, -0.2) is 9.55 Å². The first-order chi connectivity index (χ1) is 5.79. The van der Waals surface area contributed by atoms with Crippen LogP contribution in [0.1, 0.15) is 30.5 Å². The number of aromatic nitrogens is 2. The van der Waals surface area contributed by atoms with Crippen molar-refractivity contribution in [1.82, 2.24) is 9.55 Å². The van der Waals surface area contributed by atoms with Crippen LogP contribution in [-0.2, 0) is 0 Å². The second-order valence-electron chi connectivity index (χ2n) is 2.62. The summed E-state index contributed by atoms with van der Waals surface area (Å²) in [6.45, 7) is 5.87. The van der Waals surface area contributed by atoms with Crippen molar-refractivity contribution in [3.05, 3.63) is 24.8 Å². The largest absolute Gasteiger partial charge is 0.318 e. The lowest BCUT2D eigenvalue weighted by atomic mass is 10.3. The van der Waals surface area contributed by atoms with Crippen molar-refractivity contribution in [3.8, 4) is 0 Å². The topological polar surface area (TPSA) is 17.8 Å². The molecule has 0 spiro atoms. The van der Waals surface area contributed by atoms with Gasteiger partial charge in [-0.1, -0.05) is 35.9 Å². The fourth-order valence-corrected chi connectivity index (χ4v) is 1.90. The van der Waals surface area contributed by atoms with Gasteiger partial charge >= 0.3 is 0 Å². The van der Waals surface area contributed by atoms with E-state index in [1.54, 1.807) is 12.3 Å². The fraction of sp³-hybridized carbons (Fsp3) is 0.444. The zero-order chi connectivity index (χ0) is 8.97. The highest BCUT2D eigenvalue weighted by Gasteiger charge is 2.07. The van der Waals surface area contributed by atoms with Gasteiger partial charge in [-0.15, -0.1) is 0 Å². The Morgan fingerprint density at radius 3 is 3.17 bits per heavy atom. The van der Waals surface area contributed by atoms with Gasteiger partial charge in [-0.2, -0.15) is 0 Å². The van der Waals surface area contributed by atoms with Gasteiger partial charge in [0.15, 0.2) is 0 Å². The lowest BCUT2D eigenvalue weighted by Gasteiger charge is -2.11. The number of alkyl halides is 1. The van der Waals surface area contributed by atoms with E-state index in [-0.39, 0.29) is 0 Å². The molecule has 0 N–H and O–H groups in total. The van der Waals surface area contributed by atoms with Crippen molar-refractivity contribution < 1.29 is 0 Å². The summed E-state index contributed by atoms with van der Waals surface area (Å²) < 4.78 is 2.08. The third-order valence-corrected chi connectivity index (χ3v) is 2.61. The number of imidazole rings is 1. The fourth-order valence-electron chi connectivity index (χ4n) is 1.10. The van der Waals surface area contributed by atoms with Gasteiger partial charge in [-0.3, -0.25) is 0 Å². The smallest absolute Gasteiger partial charge is 0.132 e. The van der Waals surface area contributed by atoms with Gasteiger partial charge in [0.2, 0.25) is 0 Å². The molecule has 66 valence electrons. The third-order valence-electron chi connectivity index (χ3n) is 1.71. The molecule has 0 fully saturated rings. The summed E-state index contributed by atoms with van der Waals surface area (Å²) in [6.07, 6.45) is 7.79. The molecule has 12 heavy (non-hydrogen) atoms. The van der Waals surface area contributed by atoms with Gasteiger partial charge in [0, 0.05) is 12.4 Å². The number of rotatable bonds is 4. The van der Waals surface area contributed by atoms with Crippen molar-refractivity contribution in [2.45, 2.75) is 24.7 Å². The van der Waals surface area contributed by atoms with Crippen LogP contribution < -0.4 is 0 Å². The molecule has 1 heterocycles. The lowest BCUT2D eigenvalue weighted by Crippen LogP contribution is -2.02. The Labute approximate surface area is 81.4 Å². The summed E-state index contributed by atoms with van der Waals surface area (Å²) in [5, 5.41) is 0. The summed E-state index contributed by atoms with van der Waals surface area (Å²) in [6, 6.07) is 0. The van der Waals surface area contributed by atoms with Crippen LogP contribution in [0.3, 0.4) is 0 Å². The van der Waals surface area contributed by atoms with E-state index in [1.165, 1.54) is 0 Å². The highest BCUT2D eigenvalue weighted by atomic mass is 79.9. The van der Waals surface area contributed by atoms with Crippen LogP contribution in [0.25, 0.3) is 6.08 Å². The van der Waals surface area contributed by atoms with E-state index >= 15 is 0 Å². The molecular weight excluding hydrogens is 216 g/mol. The molecular formula is C9H13BrN2. The number of halogens is 1. The zero-order valence-corrected chi connectivity index (χ0v) is 8.79. The first kappa shape index (κ1) is 9.52. The van der Waals surface area contributed by atoms with Crippen molar-refractivity contribution in [2.75, 3.05) is 0 Å². The van der Waals surface area contributed by atoms with Crippen molar-refractivity contribution in [2.24, 2.45) is 0 Å². The molecule has 1 atom stereocenters. The summed E-state index contributed by atoms with van der Waals surface area (Å²) in [7, 11) is 0. The van der Waals surface area contributed by atoms with Gasteiger partial charge < -0.3 is 4.57 Å². The second-order valence-corrected chi connectivity index (χ2v) is 3.68. The van der Waals surface area contributed by atoms with E-state index in [1.807, 2.05) is 6.20 Å². The maximum absolute atomic E-state index is 4.15. The standard InChI is InChI=1S/C9H13BrN2/c1-3-5-8(10)12-7-6-11-9(12)4-2/h4,6-8H,2-3,5H2,1H3. The molecule has 2 nitrogen and oxygen atoms in total. The van der Waals surface area contributed by atoms with E-state index in [0.717, 1.165) is 18.7 Å². The second kappa shape index (κ2) is 4.45. The van der Waals surface area contributed by atoms with Crippen LogP contribution in [0.2, 0.25) is 0 Å². The summed E-state index contributed by atoms with van der Waals surface area (Å²) in [5.74, 6) is 0.922. The SMILES string of the molecule is C=Cc1nccn1C(Br)CCC. The molecule has 0 saturated carbocycles. The highest BCUT2D eigenvalue weighted by Crippen LogP contribution is 2.22. The van der Waals surface area contributed by atoms with Crippen LogP contribution in [0.4, 0.5) is 0 Å². The highest BCUT2D eigenvalue weighted by molar-refractivity contribution is 9.09. The molecule has 3 heteroatoms. The molecule has 0 saturated heterocycles. The molecule has 1 unspecified atom stereocenters. The maximum Gasteiger partial charge on any atom is 0.132 e. The van der Waals surface area contributed by atoms with E-state index in [2.05, 4.69) is 39.0 Å². The Hall–Kier alpha value is -0.570. The van der Waals surface area contributed by atoms with Crippen molar-refractivity contribution in [3.63, 3.8) is 0 Å². The van der Waals surface area contributed by atoms with Gasteiger partial charge in [-0.05, 0) is 12.5 Å². The molecule has 0 aliphatic carbocycles. The van der Waals surface area contributed by atoms with Crippen LogP contribution in [0.15, 0.2) is 19.0 Å². The minimum absolute atomic E-state index is 0.345. The van der Waals surface area contributed by atoms with Crippen molar-refractivity contribution in [1.29, 1.82) is 0 Å². The third kappa shape index (κ3) is 1.97. The van der Waals surface area contributed by atoms with Gasteiger partial charge in [0.25, 0.3) is 0 Å². The Bertz CT molecular complexity index is 255. The molecule has 0 radical (unpaired) electrons. The van der Waals surface area contributed by atoms with E-state index in [4.69, 9.17) is 0 Å². The molecule has 0 amide bonds. The van der Waals surface area contributed by atoms with E-state index in [0.29, 0.717) is 4.95 Å². The zero-order valence-electron chi connectivity index (χ0n) is 7.20. The van der Waals surface area contributed by atoms with E-state index in [9.17, 15) is 0 Å². The molecule has 1 aromatic heterocycles. The van der Waals surface area contributed by atoms with Gasteiger partial charge in [0.05, 0.1) is 4.95 Å². The van der Waals surface area contributed by atoms with Crippen LogP contribution in [0, 0.1) is 0 Å². The molecule has 1 aromatic rings. The minimum Gasteiger partial charge on any atom is -0.318 e. The normalized spacial score (nSPS) is 12.8. The Morgan fingerprint density at radius 1 is 1.83 bits per heavy atom. The summed E-state index contributed by atoms with van der Waals surface area (Å²) in [5.41, 5.74) is 0. The lowest BCUT2D eigenvalue weighted by molar-refractivity contribution is 0.620. The predicted octanol–water partition coefficient (Wildman–Crippen LogP) is 3.22. The van der Waals surface area contributed by atoms with Gasteiger partial charge in [0.1, 0.15) is 5.82 Å². The molecule has 0 bridgehead atoms. The maximum atomic E-state index is 4.15. The van der Waals surface area contributed by atoms with Crippen molar-refractivity contribution >= 4 is 22.0 Å². The Morgan fingerprint density at radius 2 is 2.58 bits per heavy atom. The molecule has 1 rings (SSSR count). The average molecular weight is 229 g/mol. The van der Waals surface area contributed by atoms with Crippen LogP contribution in [0.5, 0.6) is 0 Å². The monoisotopic (exact) mass is 228 g/mol. The van der Waals surface area contributed by atoms with Crippen LogP contribution >= 0.6 is 15.9 Å². The van der Waals surface area contributed by atoms with Gasteiger partial charge in [-0.25, -0.2) is 4.98 Å². The summed E-state index contributed by atoms with van der Waals surface area (Å²) >= 11 is 3.59. The van der Waals surface area contributed by atoms with E-state index < -0.39 is 0 Å². The average Bonchev–Trinajstić information content (AvgIpc) is 2.51. The Kier molecular flexibility index (Phi) is 3.53. The summed E-state index contributed by atoms with van der Waals surface area (Å²) in [4.78, 5) is 4.50. The number of hydrogen-bond donors (Lipinski definition) is 0.